The van der Waals surface area contributed by atoms with Crippen LogP contribution < -0.4 is 4.74 Å². The van der Waals surface area contributed by atoms with Gasteiger partial charge in [-0.2, -0.15) is 5.26 Å². The molecule has 82 valence electrons. The van der Waals surface area contributed by atoms with Gasteiger partial charge in [-0.3, -0.25) is 0 Å². The fourth-order valence-electron chi connectivity index (χ4n) is 1.76. The molecule has 3 nitrogen and oxygen atoms in total. The van der Waals surface area contributed by atoms with Crippen LogP contribution in [0.15, 0.2) is 12.1 Å². The maximum atomic E-state index is 13.8. The Hall–Kier alpha value is -2.09. The monoisotopic (exact) mass is 222 g/mol. The van der Waals surface area contributed by atoms with Crippen molar-refractivity contribution in [3.05, 3.63) is 29.5 Å². The van der Waals surface area contributed by atoms with Crippen molar-refractivity contribution in [2.45, 2.75) is 0 Å². The third kappa shape index (κ3) is 1.16. The van der Waals surface area contributed by atoms with E-state index in [0.717, 1.165) is 0 Å². The minimum absolute atomic E-state index is 0.00144. The van der Waals surface area contributed by atoms with Crippen LogP contribution in [0.3, 0.4) is 0 Å². The molecule has 0 saturated heterocycles. The maximum Gasteiger partial charge on any atom is 0.170 e. The lowest BCUT2D eigenvalue weighted by molar-refractivity contribution is 0.417. The number of nitriles is 1. The number of hydrogen-bond acceptors (Lipinski definition) is 2. The molecule has 0 aliphatic rings. The van der Waals surface area contributed by atoms with Crippen molar-refractivity contribution < 1.29 is 13.5 Å². The highest BCUT2D eigenvalue weighted by molar-refractivity contribution is 5.89. The fourth-order valence-corrected chi connectivity index (χ4v) is 1.76. The molecule has 0 aliphatic heterocycles. The van der Waals surface area contributed by atoms with Crippen molar-refractivity contribution >= 4 is 10.9 Å². The molecule has 0 N–H and O–H groups in total. The Bertz CT molecular complexity index is 611. The van der Waals surface area contributed by atoms with Crippen molar-refractivity contribution in [1.82, 2.24) is 4.57 Å². The first-order chi connectivity index (χ1) is 7.61. The predicted octanol–water partition coefficient (Wildman–Crippen LogP) is 2.34. The Kier molecular flexibility index (Phi) is 2.27. The second kappa shape index (κ2) is 3.49. The number of aryl methyl sites for hydroxylation is 1. The first-order valence-corrected chi connectivity index (χ1v) is 4.52. The van der Waals surface area contributed by atoms with Gasteiger partial charge in [0.1, 0.15) is 17.6 Å². The summed E-state index contributed by atoms with van der Waals surface area (Å²) in [7, 11) is 2.80. The van der Waals surface area contributed by atoms with Crippen LogP contribution in [0.25, 0.3) is 10.9 Å². The number of fused-ring (bicyclic) bond motifs is 1. The number of methoxy groups -OCH3 is 1. The lowest BCUT2D eigenvalue weighted by atomic mass is 10.2. The second-order valence-electron chi connectivity index (χ2n) is 3.31. The Balaban J connectivity index is 3.03. The normalized spacial score (nSPS) is 10.4. The van der Waals surface area contributed by atoms with Gasteiger partial charge in [0.2, 0.25) is 0 Å². The van der Waals surface area contributed by atoms with E-state index >= 15 is 0 Å². The number of benzene rings is 1. The largest absolute Gasteiger partial charge is 0.496 e. The summed E-state index contributed by atoms with van der Waals surface area (Å²) in [5.74, 6) is -1.12. The molecule has 1 aromatic carbocycles. The van der Waals surface area contributed by atoms with Gasteiger partial charge in [-0.05, 0) is 12.1 Å². The highest BCUT2D eigenvalue weighted by atomic mass is 19.1. The lowest BCUT2D eigenvalue weighted by Gasteiger charge is -2.03. The molecule has 0 unspecified atom stereocenters. The minimum atomic E-state index is -0.753. The van der Waals surface area contributed by atoms with Crippen LogP contribution in [0, 0.1) is 23.0 Å². The van der Waals surface area contributed by atoms with Gasteiger partial charge in [-0.1, -0.05) is 0 Å². The fraction of sp³-hybridized carbons (Fsp3) is 0.182. The first-order valence-electron chi connectivity index (χ1n) is 4.52. The van der Waals surface area contributed by atoms with Crippen molar-refractivity contribution in [1.29, 1.82) is 5.26 Å². The molecule has 5 heteroatoms. The molecule has 0 spiro atoms. The highest BCUT2D eigenvalue weighted by Gasteiger charge is 2.21. The molecule has 1 aromatic heterocycles. The van der Waals surface area contributed by atoms with E-state index < -0.39 is 11.6 Å². The summed E-state index contributed by atoms with van der Waals surface area (Å²) in [4.78, 5) is 0. The minimum Gasteiger partial charge on any atom is -0.496 e. The van der Waals surface area contributed by atoms with E-state index in [-0.39, 0.29) is 22.3 Å². The van der Waals surface area contributed by atoms with E-state index in [0.29, 0.717) is 0 Å². The maximum absolute atomic E-state index is 13.8. The second-order valence-corrected chi connectivity index (χ2v) is 3.31. The predicted molar refractivity (Wildman–Crippen MR) is 54.1 cm³/mol. The van der Waals surface area contributed by atoms with E-state index in [1.807, 2.05) is 0 Å². The van der Waals surface area contributed by atoms with Crippen molar-refractivity contribution in [2.75, 3.05) is 7.11 Å². The molecular weight excluding hydrogens is 214 g/mol. The Morgan fingerprint density at radius 1 is 1.38 bits per heavy atom. The summed E-state index contributed by atoms with van der Waals surface area (Å²) < 4.78 is 33.5. The standard InChI is InChI=1S/C11H8F2N2O/c1-15-7(5-14)10(13)9-8(16-2)4-3-6(12)11(9)15/h3-4H,1-2H3. The topological polar surface area (TPSA) is 37.9 Å². The van der Waals surface area contributed by atoms with Crippen LogP contribution >= 0.6 is 0 Å². The summed E-state index contributed by atoms with van der Waals surface area (Å²) >= 11 is 0. The van der Waals surface area contributed by atoms with Gasteiger partial charge in [0, 0.05) is 7.05 Å². The molecular formula is C11H8F2N2O. The van der Waals surface area contributed by atoms with Gasteiger partial charge >= 0.3 is 0 Å². The van der Waals surface area contributed by atoms with Crippen LogP contribution in [0.1, 0.15) is 5.69 Å². The smallest absolute Gasteiger partial charge is 0.170 e. The molecule has 1 heterocycles. The average molecular weight is 222 g/mol. The third-order valence-corrected chi connectivity index (χ3v) is 2.51. The number of ether oxygens (including phenoxy) is 1. The Morgan fingerprint density at radius 3 is 2.62 bits per heavy atom. The SMILES string of the molecule is COc1ccc(F)c2c1c(F)c(C#N)n2C. The number of rotatable bonds is 1. The number of hydrogen-bond donors (Lipinski definition) is 0. The molecule has 0 saturated carbocycles. The molecule has 0 radical (unpaired) electrons. The Labute approximate surface area is 90.5 Å². The molecule has 0 bridgehead atoms. The van der Waals surface area contributed by atoms with Gasteiger partial charge in [0.05, 0.1) is 18.0 Å². The summed E-state index contributed by atoms with van der Waals surface area (Å²) in [5, 5.41) is 8.78. The lowest BCUT2D eigenvalue weighted by Crippen LogP contribution is -1.94. The number of nitrogens with zero attached hydrogens (tertiary/aromatic N) is 2. The van der Waals surface area contributed by atoms with Crippen molar-refractivity contribution in [3.63, 3.8) is 0 Å². The van der Waals surface area contributed by atoms with Crippen molar-refractivity contribution in [3.8, 4) is 11.8 Å². The molecule has 0 amide bonds. The van der Waals surface area contributed by atoms with E-state index in [9.17, 15) is 8.78 Å². The van der Waals surface area contributed by atoms with E-state index in [2.05, 4.69) is 0 Å². The van der Waals surface area contributed by atoms with Gasteiger partial charge in [0.25, 0.3) is 0 Å². The van der Waals surface area contributed by atoms with Crippen LogP contribution in [-0.4, -0.2) is 11.7 Å². The van der Waals surface area contributed by atoms with E-state index in [1.165, 1.54) is 30.9 Å². The summed E-state index contributed by atoms with van der Waals surface area (Å²) in [6, 6.07) is 4.21. The zero-order valence-electron chi connectivity index (χ0n) is 8.71. The molecule has 2 aromatic rings. The zero-order valence-corrected chi connectivity index (χ0v) is 8.71. The summed E-state index contributed by atoms with van der Waals surface area (Å²) in [6.07, 6.45) is 0. The van der Waals surface area contributed by atoms with E-state index in [1.54, 1.807) is 6.07 Å². The molecule has 0 atom stereocenters. The van der Waals surface area contributed by atoms with Crippen LogP contribution in [0.2, 0.25) is 0 Å². The number of halogens is 2. The molecule has 0 fully saturated rings. The van der Waals surface area contributed by atoms with Gasteiger partial charge in [-0.25, -0.2) is 8.78 Å². The van der Waals surface area contributed by atoms with E-state index in [4.69, 9.17) is 10.00 Å². The van der Waals surface area contributed by atoms with Crippen LogP contribution in [0.4, 0.5) is 8.78 Å². The van der Waals surface area contributed by atoms with Crippen LogP contribution in [0.5, 0.6) is 5.75 Å². The number of aromatic nitrogens is 1. The quantitative estimate of drug-likeness (QED) is 0.742. The third-order valence-electron chi connectivity index (χ3n) is 2.51. The molecule has 16 heavy (non-hydrogen) atoms. The average Bonchev–Trinajstić information content (AvgIpc) is 2.53. The van der Waals surface area contributed by atoms with Crippen molar-refractivity contribution in [2.24, 2.45) is 7.05 Å². The van der Waals surface area contributed by atoms with Gasteiger partial charge in [0.15, 0.2) is 11.5 Å². The summed E-state index contributed by atoms with van der Waals surface area (Å²) in [6.45, 7) is 0. The highest BCUT2D eigenvalue weighted by Crippen LogP contribution is 2.33. The Morgan fingerprint density at radius 2 is 2.06 bits per heavy atom. The van der Waals surface area contributed by atoms with Crippen LogP contribution in [-0.2, 0) is 7.05 Å². The van der Waals surface area contributed by atoms with Gasteiger partial charge in [-0.15, -0.1) is 0 Å². The molecule has 2 rings (SSSR count). The first kappa shape index (κ1) is 10.4. The molecule has 0 aliphatic carbocycles. The zero-order chi connectivity index (χ0) is 11.9. The van der Waals surface area contributed by atoms with Gasteiger partial charge < -0.3 is 9.30 Å². The summed E-state index contributed by atoms with van der Waals surface area (Å²) in [5.41, 5.74) is -0.174.